The predicted molar refractivity (Wildman–Crippen MR) is 56.8 cm³/mol. The lowest BCUT2D eigenvalue weighted by Gasteiger charge is -2.23. The quantitative estimate of drug-likeness (QED) is 0.759. The Morgan fingerprint density at radius 1 is 1.29 bits per heavy atom. The van der Waals surface area contributed by atoms with E-state index < -0.39 is 5.97 Å². The molecule has 0 unspecified atom stereocenters. The highest BCUT2D eigenvalue weighted by Gasteiger charge is 2.14. The van der Waals surface area contributed by atoms with Gasteiger partial charge in [-0.05, 0) is 32.9 Å². The van der Waals surface area contributed by atoms with Crippen LogP contribution in [0.1, 0.15) is 31.1 Å². The molecule has 0 atom stereocenters. The van der Waals surface area contributed by atoms with Gasteiger partial charge in [-0.1, -0.05) is 12.1 Å². The third kappa shape index (κ3) is 2.76. The summed E-state index contributed by atoms with van der Waals surface area (Å²) >= 11 is 0. The van der Waals surface area contributed by atoms with E-state index in [9.17, 15) is 4.79 Å². The molecule has 14 heavy (non-hydrogen) atoms. The molecule has 3 nitrogen and oxygen atoms in total. The number of para-hydroxylation sites is 1. The molecule has 0 saturated carbocycles. The Morgan fingerprint density at radius 3 is 2.36 bits per heavy atom. The summed E-state index contributed by atoms with van der Waals surface area (Å²) in [6.45, 7) is 5.98. The molecular formula is C11H15NO2. The Labute approximate surface area is 83.8 Å². The third-order valence-electron chi connectivity index (χ3n) is 1.67. The fourth-order valence-corrected chi connectivity index (χ4v) is 1.18. The van der Waals surface area contributed by atoms with Crippen LogP contribution in [0.25, 0.3) is 0 Å². The zero-order valence-electron chi connectivity index (χ0n) is 8.66. The highest BCUT2D eigenvalue weighted by molar-refractivity contribution is 5.94. The van der Waals surface area contributed by atoms with Gasteiger partial charge in [0.1, 0.15) is 0 Å². The van der Waals surface area contributed by atoms with E-state index in [0.29, 0.717) is 11.3 Å². The number of aromatic carboxylic acids is 1. The Morgan fingerprint density at radius 2 is 1.86 bits per heavy atom. The molecule has 0 aromatic heterocycles. The molecule has 0 heterocycles. The van der Waals surface area contributed by atoms with Crippen LogP contribution in [0, 0.1) is 0 Å². The Hall–Kier alpha value is -1.51. The molecule has 2 N–H and O–H groups in total. The molecule has 0 fully saturated rings. The molecule has 0 aliphatic rings. The van der Waals surface area contributed by atoms with Gasteiger partial charge in [-0.3, -0.25) is 0 Å². The summed E-state index contributed by atoms with van der Waals surface area (Å²) < 4.78 is 0. The first-order valence-corrected chi connectivity index (χ1v) is 4.51. The van der Waals surface area contributed by atoms with Gasteiger partial charge >= 0.3 is 5.97 Å². The van der Waals surface area contributed by atoms with Crippen LogP contribution in [0.2, 0.25) is 0 Å². The van der Waals surface area contributed by atoms with Crippen molar-refractivity contribution in [1.29, 1.82) is 0 Å². The molecule has 3 heteroatoms. The van der Waals surface area contributed by atoms with Crippen molar-refractivity contribution in [2.24, 2.45) is 0 Å². The van der Waals surface area contributed by atoms with Gasteiger partial charge in [-0.15, -0.1) is 0 Å². The number of anilines is 1. The molecule has 1 aromatic rings. The smallest absolute Gasteiger partial charge is 0.337 e. The highest BCUT2D eigenvalue weighted by atomic mass is 16.4. The first-order chi connectivity index (χ1) is 6.40. The fraction of sp³-hybridized carbons (Fsp3) is 0.364. The second-order valence-corrected chi connectivity index (χ2v) is 4.23. The van der Waals surface area contributed by atoms with Gasteiger partial charge in [0, 0.05) is 11.2 Å². The number of carbonyl (C=O) groups is 1. The van der Waals surface area contributed by atoms with E-state index in [4.69, 9.17) is 5.11 Å². The van der Waals surface area contributed by atoms with Crippen molar-refractivity contribution >= 4 is 11.7 Å². The van der Waals surface area contributed by atoms with Crippen LogP contribution in [0.3, 0.4) is 0 Å². The number of benzene rings is 1. The Bertz CT molecular complexity index is 339. The summed E-state index contributed by atoms with van der Waals surface area (Å²) in [5.74, 6) is -0.905. The lowest BCUT2D eigenvalue weighted by Crippen LogP contribution is -2.27. The molecule has 0 radical (unpaired) electrons. The van der Waals surface area contributed by atoms with E-state index in [-0.39, 0.29) is 5.54 Å². The standard InChI is InChI=1S/C11H15NO2/c1-11(2,3)12-9-7-5-4-6-8(9)10(13)14/h4-7,12H,1-3H3,(H,13,14). The van der Waals surface area contributed by atoms with Crippen LogP contribution in [-0.2, 0) is 0 Å². The van der Waals surface area contributed by atoms with Crippen molar-refractivity contribution in [3.05, 3.63) is 29.8 Å². The first-order valence-electron chi connectivity index (χ1n) is 4.51. The summed E-state index contributed by atoms with van der Waals surface area (Å²) in [4.78, 5) is 10.9. The molecular weight excluding hydrogens is 178 g/mol. The third-order valence-corrected chi connectivity index (χ3v) is 1.67. The van der Waals surface area contributed by atoms with E-state index in [1.54, 1.807) is 18.2 Å². The van der Waals surface area contributed by atoms with Crippen molar-refractivity contribution in [3.63, 3.8) is 0 Å². The molecule has 0 aliphatic heterocycles. The maximum absolute atomic E-state index is 10.9. The van der Waals surface area contributed by atoms with E-state index in [1.165, 1.54) is 0 Å². The first kappa shape index (κ1) is 10.6. The summed E-state index contributed by atoms with van der Waals surface area (Å²) in [6, 6.07) is 6.91. The summed E-state index contributed by atoms with van der Waals surface area (Å²) in [5.41, 5.74) is 0.834. The zero-order chi connectivity index (χ0) is 10.8. The topological polar surface area (TPSA) is 49.3 Å². The minimum absolute atomic E-state index is 0.133. The normalized spacial score (nSPS) is 11.1. The van der Waals surface area contributed by atoms with Crippen molar-refractivity contribution in [2.75, 3.05) is 5.32 Å². The van der Waals surface area contributed by atoms with E-state index >= 15 is 0 Å². The molecule has 0 saturated heterocycles. The van der Waals surface area contributed by atoms with Crippen LogP contribution >= 0.6 is 0 Å². The Balaban J connectivity index is 3.02. The lowest BCUT2D eigenvalue weighted by molar-refractivity contribution is 0.0698. The average molecular weight is 193 g/mol. The minimum atomic E-state index is -0.905. The van der Waals surface area contributed by atoms with Crippen molar-refractivity contribution in [1.82, 2.24) is 0 Å². The lowest BCUT2D eigenvalue weighted by atomic mass is 10.1. The maximum atomic E-state index is 10.9. The zero-order valence-corrected chi connectivity index (χ0v) is 8.66. The summed E-state index contributed by atoms with van der Waals surface area (Å²) in [5, 5.41) is 12.1. The van der Waals surface area contributed by atoms with E-state index in [2.05, 4.69) is 5.32 Å². The van der Waals surface area contributed by atoms with Crippen molar-refractivity contribution < 1.29 is 9.90 Å². The van der Waals surface area contributed by atoms with Gasteiger partial charge in [0.25, 0.3) is 0 Å². The van der Waals surface area contributed by atoms with Gasteiger partial charge in [-0.25, -0.2) is 4.79 Å². The average Bonchev–Trinajstić information content (AvgIpc) is 2.01. The number of nitrogens with one attached hydrogen (secondary N) is 1. The monoisotopic (exact) mass is 193 g/mol. The largest absolute Gasteiger partial charge is 0.478 e. The molecule has 76 valence electrons. The second kappa shape index (κ2) is 3.70. The minimum Gasteiger partial charge on any atom is -0.478 e. The molecule has 0 aliphatic carbocycles. The van der Waals surface area contributed by atoms with Gasteiger partial charge < -0.3 is 10.4 Å². The molecule has 0 amide bonds. The van der Waals surface area contributed by atoms with Gasteiger partial charge in [0.2, 0.25) is 0 Å². The fourth-order valence-electron chi connectivity index (χ4n) is 1.18. The molecule has 1 aromatic carbocycles. The van der Waals surface area contributed by atoms with Crippen LogP contribution < -0.4 is 5.32 Å². The summed E-state index contributed by atoms with van der Waals surface area (Å²) in [7, 11) is 0. The van der Waals surface area contributed by atoms with Gasteiger partial charge in [0.05, 0.1) is 5.56 Å². The molecule has 1 rings (SSSR count). The summed E-state index contributed by atoms with van der Waals surface area (Å²) in [6.07, 6.45) is 0. The van der Waals surface area contributed by atoms with E-state index in [0.717, 1.165) is 0 Å². The highest BCUT2D eigenvalue weighted by Crippen LogP contribution is 2.19. The number of rotatable bonds is 2. The second-order valence-electron chi connectivity index (χ2n) is 4.23. The van der Waals surface area contributed by atoms with Crippen molar-refractivity contribution in [2.45, 2.75) is 26.3 Å². The van der Waals surface area contributed by atoms with Crippen LogP contribution in [-0.4, -0.2) is 16.6 Å². The van der Waals surface area contributed by atoms with Gasteiger partial charge in [-0.2, -0.15) is 0 Å². The molecule has 0 bridgehead atoms. The number of hydrogen-bond acceptors (Lipinski definition) is 2. The van der Waals surface area contributed by atoms with Gasteiger partial charge in [0.15, 0.2) is 0 Å². The van der Waals surface area contributed by atoms with E-state index in [1.807, 2.05) is 26.8 Å². The predicted octanol–water partition coefficient (Wildman–Crippen LogP) is 2.60. The van der Waals surface area contributed by atoms with Crippen LogP contribution in [0.5, 0.6) is 0 Å². The maximum Gasteiger partial charge on any atom is 0.337 e. The van der Waals surface area contributed by atoms with Crippen LogP contribution in [0.4, 0.5) is 5.69 Å². The Kier molecular flexibility index (Phi) is 2.79. The molecule has 0 spiro atoms. The van der Waals surface area contributed by atoms with Crippen molar-refractivity contribution in [3.8, 4) is 0 Å². The number of carboxylic acid groups (broad SMARTS) is 1. The SMILES string of the molecule is CC(C)(C)Nc1ccccc1C(=O)O. The van der Waals surface area contributed by atoms with Crippen LogP contribution in [0.15, 0.2) is 24.3 Å². The number of hydrogen-bond donors (Lipinski definition) is 2. The number of carboxylic acids is 1.